The minimum atomic E-state index is -1.14. The Morgan fingerprint density at radius 1 is 0.979 bits per heavy atom. The Hall–Kier alpha value is -5.71. The number of nitrogens with zero attached hydrogens (tertiary/aromatic N) is 3. The van der Waals surface area contributed by atoms with Gasteiger partial charge in [0, 0.05) is 42.7 Å². The van der Waals surface area contributed by atoms with Crippen molar-refractivity contribution in [3.63, 3.8) is 0 Å². The van der Waals surface area contributed by atoms with E-state index in [1.54, 1.807) is 11.0 Å². The summed E-state index contributed by atoms with van der Waals surface area (Å²) in [5, 5.41) is 22.9. The van der Waals surface area contributed by atoms with E-state index < -0.39 is 12.1 Å². The van der Waals surface area contributed by atoms with Gasteiger partial charge in [0.05, 0.1) is 11.1 Å². The normalized spacial score (nSPS) is 13.6. The lowest BCUT2D eigenvalue weighted by molar-refractivity contribution is -0.121. The summed E-state index contributed by atoms with van der Waals surface area (Å²) in [6.45, 7) is 5.38. The van der Waals surface area contributed by atoms with Gasteiger partial charge in [-0.1, -0.05) is 68.4 Å². The van der Waals surface area contributed by atoms with Crippen molar-refractivity contribution in [1.29, 1.82) is 5.41 Å². The van der Waals surface area contributed by atoms with Crippen molar-refractivity contribution in [3.8, 4) is 0 Å². The zero-order chi connectivity index (χ0) is 33.9. The lowest BCUT2D eigenvalue weighted by atomic mass is 9.96. The number of carbonyl (C=O) groups excluding carboxylic acids is 2. The monoisotopic (exact) mass is 646 g/mol. The van der Waals surface area contributed by atoms with Gasteiger partial charge < -0.3 is 30.4 Å². The van der Waals surface area contributed by atoms with E-state index >= 15 is 0 Å². The van der Waals surface area contributed by atoms with Crippen LogP contribution in [-0.2, 0) is 22.7 Å². The minimum absolute atomic E-state index is 0.00374. The van der Waals surface area contributed by atoms with E-state index in [-0.39, 0.29) is 35.7 Å². The van der Waals surface area contributed by atoms with Crippen molar-refractivity contribution >= 4 is 51.3 Å². The summed E-state index contributed by atoms with van der Waals surface area (Å²) in [5.41, 5.74) is 9.55. The first-order valence-electron chi connectivity index (χ1n) is 16.0. The molecular weight excluding hydrogens is 608 g/mol. The summed E-state index contributed by atoms with van der Waals surface area (Å²) < 4.78 is 7.45. The molecule has 246 valence electrons. The summed E-state index contributed by atoms with van der Waals surface area (Å²) in [4.78, 5) is 44.9. The second-order valence-electron chi connectivity index (χ2n) is 12.5. The van der Waals surface area contributed by atoms with Crippen LogP contribution in [0.25, 0.3) is 21.8 Å². The molecule has 2 heterocycles. The highest BCUT2D eigenvalue weighted by molar-refractivity contribution is 6.05. The van der Waals surface area contributed by atoms with E-state index in [0.29, 0.717) is 54.8 Å². The average Bonchev–Trinajstić information content (AvgIpc) is 3.45. The molecule has 0 saturated carbocycles. The van der Waals surface area contributed by atoms with Gasteiger partial charge in [0.15, 0.2) is 0 Å². The third-order valence-corrected chi connectivity index (χ3v) is 8.78. The Balaban J connectivity index is 1.22. The van der Waals surface area contributed by atoms with E-state index in [9.17, 15) is 19.5 Å². The van der Waals surface area contributed by atoms with Crippen LogP contribution in [-0.4, -0.2) is 56.5 Å². The predicted molar refractivity (Wildman–Crippen MR) is 184 cm³/mol. The van der Waals surface area contributed by atoms with Crippen molar-refractivity contribution in [2.45, 2.75) is 45.8 Å². The maximum Gasteiger partial charge on any atom is 0.410 e. The van der Waals surface area contributed by atoms with Crippen LogP contribution in [0.2, 0.25) is 0 Å². The molecule has 0 radical (unpaired) electrons. The number of hydrogen-bond acceptors (Lipinski definition) is 6. The molecule has 4 aromatic carbocycles. The molecular formula is C37H38N6O5. The van der Waals surface area contributed by atoms with Crippen LogP contribution in [0.5, 0.6) is 0 Å². The second-order valence-corrected chi connectivity index (χ2v) is 12.5. The van der Waals surface area contributed by atoms with Crippen molar-refractivity contribution in [2.24, 2.45) is 11.7 Å². The van der Waals surface area contributed by atoms with Crippen LogP contribution in [0.4, 0.5) is 10.5 Å². The fourth-order valence-corrected chi connectivity index (χ4v) is 6.21. The molecule has 0 atom stereocenters. The molecule has 0 bridgehead atoms. The molecule has 0 unspecified atom stereocenters. The highest BCUT2D eigenvalue weighted by Gasteiger charge is 2.29. The van der Waals surface area contributed by atoms with Gasteiger partial charge in [-0.3, -0.25) is 10.2 Å². The van der Waals surface area contributed by atoms with Gasteiger partial charge in [-0.15, -0.1) is 0 Å². The predicted octanol–water partition coefficient (Wildman–Crippen LogP) is 6.33. The van der Waals surface area contributed by atoms with Crippen LogP contribution in [0.15, 0.2) is 78.9 Å². The Morgan fingerprint density at radius 2 is 1.71 bits per heavy atom. The number of amides is 2. The third kappa shape index (κ3) is 6.85. The van der Waals surface area contributed by atoms with Crippen LogP contribution in [0, 0.1) is 11.3 Å². The first kappa shape index (κ1) is 32.2. The number of anilines is 1. The smallest absolute Gasteiger partial charge is 0.410 e. The highest BCUT2D eigenvalue weighted by Crippen LogP contribution is 2.31. The largest absolute Gasteiger partial charge is 0.478 e. The van der Waals surface area contributed by atoms with Gasteiger partial charge in [-0.2, -0.15) is 0 Å². The second kappa shape index (κ2) is 13.6. The zero-order valence-corrected chi connectivity index (χ0v) is 26.9. The molecule has 6 rings (SSSR count). The molecule has 1 aliphatic rings. The SMILES string of the molecule is CC(C)c1nc2c(C(=O)O)cc(NC(=O)C3CCN(C(=O)OCc4ccccc4)CC3)cc2n1Cc1ccc2ccc(C(=N)N)cc2c1. The lowest BCUT2D eigenvalue weighted by Gasteiger charge is -2.30. The number of hydrogen-bond donors (Lipinski definition) is 4. The zero-order valence-electron chi connectivity index (χ0n) is 26.9. The number of carbonyl (C=O) groups is 3. The third-order valence-electron chi connectivity index (χ3n) is 8.78. The molecule has 0 aliphatic carbocycles. The van der Waals surface area contributed by atoms with Gasteiger partial charge in [-0.05, 0) is 59.0 Å². The number of fused-ring (bicyclic) bond motifs is 2. The number of likely N-dealkylation sites (tertiary alicyclic amines) is 1. The van der Waals surface area contributed by atoms with Crippen molar-refractivity contribution < 1.29 is 24.2 Å². The minimum Gasteiger partial charge on any atom is -0.478 e. The van der Waals surface area contributed by atoms with Gasteiger partial charge in [-0.25, -0.2) is 14.6 Å². The van der Waals surface area contributed by atoms with E-state index in [1.807, 2.05) is 85.1 Å². The molecule has 48 heavy (non-hydrogen) atoms. The average molecular weight is 647 g/mol. The fraction of sp³-hybridized carbons (Fsp3) is 0.270. The van der Waals surface area contributed by atoms with Crippen LogP contribution in [0.3, 0.4) is 0 Å². The number of aromatic nitrogens is 2. The summed E-state index contributed by atoms with van der Waals surface area (Å²) in [5.74, 6) is -1.00. The number of ether oxygens (including phenoxy) is 1. The Kier molecular flexibility index (Phi) is 9.11. The molecule has 5 N–H and O–H groups in total. The summed E-state index contributed by atoms with van der Waals surface area (Å²) in [6.07, 6.45) is 0.515. The first-order chi connectivity index (χ1) is 23.1. The quantitative estimate of drug-likeness (QED) is 0.107. The number of imidazole rings is 1. The number of nitrogen functional groups attached to an aromatic ring is 1. The van der Waals surface area contributed by atoms with E-state index in [1.165, 1.54) is 6.07 Å². The molecule has 5 aromatic rings. The van der Waals surface area contributed by atoms with Crippen molar-refractivity contribution in [3.05, 3.63) is 107 Å². The topological polar surface area (TPSA) is 164 Å². The molecule has 0 spiro atoms. The number of amidine groups is 1. The van der Waals surface area contributed by atoms with Gasteiger partial charge >= 0.3 is 12.1 Å². The summed E-state index contributed by atoms with van der Waals surface area (Å²) in [6, 6.07) is 24.4. The van der Waals surface area contributed by atoms with Crippen molar-refractivity contribution in [1.82, 2.24) is 14.5 Å². The number of carboxylic acids is 1. The summed E-state index contributed by atoms with van der Waals surface area (Å²) >= 11 is 0. The van der Waals surface area contributed by atoms with E-state index in [4.69, 9.17) is 20.9 Å². The number of benzene rings is 4. The van der Waals surface area contributed by atoms with Gasteiger partial charge in [0.1, 0.15) is 23.8 Å². The van der Waals surface area contributed by atoms with E-state index in [0.717, 1.165) is 27.7 Å². The molecule has 11 nitrogen and oxygen atoms in total. The Bertz CT molecular complexity index is 2030. The molecule has 1 saturated heterocycles. The lowest BCUT2D eigenvalue weighted by Crippen LogP contribution is -2.41. The number of rotatable bonds is 9. The van der Waals surface area contributed by atoms with Gasteiger partial charge in [0.2, 0.25) is 5.91 Å². The Labute approximate surface area is 277 Å². The number of carboxylic acid groups (broad SMARTS) is 1. The molecule has 1 aliphatic heterocycles. The summed E-state index contributed by atoms with van der Waals surface area (Å²) in [7, 11) is 0. The number of nitrogens with one attached hydrogen (secondary N) is 2. The van der Waals surface area contributed by atoms with E-state index in [2.05, 4.69) is 5.32 Å². The van der Waals surface area contributed by atoms with Crippen molar-refractivity contribution in [2.75, 3.05) is 18.4 Å². The highest BCUT2D eigenvalue weighted by atomic mass is 16.6. The van der Waals surface area contributed by atoms with Crippen LogP contribution >= 0.6 is 0 Å². The maximum absolute atomic E-state index is 13.4. The Morgan fingerprint density at radius 3 is 2.40 bits per heavy atom. The molecule has 1 fully saturated rings. The van der Waals surface area contributed by atoms with Crippen LogP contribution in [0.1, 0.15) is 65.5 Å². The number of piperidine rings is 1. The standard InChI is InChI=1S/C37H38N6O5/c1-22(2)34-41-32-30(36(45)46)18-29(19-31(32)43(34)20-24-8-9-25-10-11-27(33(38)39)17-28(25)16-24)40-35(44)26-12-14-42(15-13-26)37(47)48-21-23-6-4-3-5-7-23/h3-11,16-19,22,26H,12-15,20-21H2,1-2H3,(H3,38,39)(H,40,44)(H,45,46). The molecule has 11 heteroatoms. The molecule has 1 aromatic heterocycles. The molecule has 2 amide bonds. The maximum atomic E-state index is 13.4. The van der Waals surface area contributed by atoms with Gasteiger partial charge in [0.25, 0.3) is 0 Å². The number of nitrogens with two attached hydrogens (primary N) is 1. The number of aromatic carboxylic acids is 1. The fourth-order valence-electron chi connectivity index (χ4n) is 6.21. The van der Waals surface area contributed by atoms with Crippen LogP contribution < -0.4 is 11.1 Å². The first-order valence-corrected chi connectivity index (χ1v) is 16.0.